The number of esters is 1. The molecule has 0 saturated carbocycles. The van der Waals surface area contributed by atoms with Crippen LogP contribution in [0.4, 0.5) is 5.69 Å². The standard InChI is InChI=1S/C21H22ClN3O4S2/c1-12(2)6-8-25-19(27)18-16(7-9-30-18)24-21(25)31-11-17(26)23-15-5-4-13(22)10-14(15)20(28)29-3/h4-5,7,9-10,12H,6,8,11H2,1-3H3,(H,23,26). The third-order valence-electron chi connectivity index (χ3n) is 4.45. The van der Waals surface area contributed by atoms with E-state index >= 15 is 0 Å². The molecule has 0 aliphatic carbocycles. The summed E-state index contributed by atoms with van der Waals surface area (Å²) in [4.78, 5) is 42.0. The summed E-state index contributed by atoms with van der Waals surface area (Å²) in [5, 5.41) is 5.40. The van der Waals surface area contributed by atoms with Crippen molar-refractivity contribution in [2.75, 3.05) is 18.2 Å². The van der Waals surface area contributed by atoms with Crippen molar-refractivity contribution < 1.29 is 14.3 Å². The zero-order chi connectivity index (χ0) is 22.5. The number of benzene rings is 1. The Kier molecular flexibility index (Phi) is 7.74. The largest absolute Gasteiger partial charge is 0.465 e. The zero-order valence-corrected chi connectivity index (χ0v) is 19.7. The number of hydrogen-bond donors (Lipinski definition) is 1. The number of hydrogen-bond acceptors (Lipinski definition) is 7. The van der Waals surface area contributed by atoms with Crippen LogP contribution in [0.25, 0.3) is 10.2 Å². The van der Waals surface area contributed by atoms with Gasteiger partial charge < -0.3 is 10.1 Å². The second-order valence-electron chi connectivity index (χ2n) is 7.19. The summed E-state index contributed by atoms with van der Waals surface area (Å²) in [6, 6.07) is 6.36. The number of halogens is 1. The Hall–Kier alpha value is -2.36. The molecule has 3 aromatic rings. The Morgan fingerprint density at radius 3 is 2.81 bits per heavy atom. The molecular weight excluding hydrogens is 458 g/mol. The summed E-state index contributed by atoms with van der Waals surface area (Å²) in [6.07, 6.45) is 0.825. The van der Waals surface area contributed by atoms with Gasteiger partial charge in [0.05, 0.1) is 29.6 Å². The second-order valence-corrected chi connectivity index (χ2v) is 9.48. The molecule has 1 N–H and O–H groups in total. The molecule has 0 spiro atoms. The van der Waals surface area contributed by atoms with Crippen LogP contribution in [0.3, 0.4) is 0 Å². The van der Waals surface area contributed by atoms with Gasteiger partial charge in [-0.2, -0.15) is 0 Å². The van der Waals surface area contributed by atoms with E-state index in [-0.39, 0.29) is 22.8 Å². The Balaban J connectivity index is 1.79. The molecule has 2 aromatic heterocycles. The number of anilines is 1. The number of nitrogens with one attached hydrogen (secondary N) is 1. The van der Waals surface area contributed by atoms with Gasteiger partial charge in [-0.15, -0.1) is 11.3 Å². The lowest BCUT2D eigenvalue weighted by molar-refractivity contribution is -0.113. The molecule has 1 amide bonds. The fourth-order valence-electron chi connectivity index (χ4n) is 2.84. The first-order valence-corrected chi connectivity index (χ1v) is 11.8. The third-order valence-corrected chi connectivity index (χ3v) is 6.56. The van der Waals surface area contributed by atoms with Crippen molar-refractivity contribution in [1.29, 1.82) is 0 Å². The van der Waals surface area contributed by atoms with E-state index in [0.717, 1.165) is 6.42 Å². The second kappa shape index (κ2) is 10.3. The highest BCUT2D eigenvalue weighted by molar-refractivity contribution is 7.99. The first-order valence-electron chi connectivity index (χ1n) is 9.58. The highest BCUT2D eigenvalue weighted by atomic mass is 35.5. The number of thiophene rings is 1. The van der Waals surface area contributed by atoms with Crippen LogP contribution in [0.5, 0.6) is 0 Å². The average molecular weight is 480 g/mol. The van der Waals surface area contributed by atoms with Crippen LogP contribution in [-0.4, -0.2) is 34.3 Å². The van der Waals surface area contributed by atoms with E-state index in [0.29, 0.717) is 38.5 Å². The predicted octanol–water partition coefficient (Wildman–Crippen LogP) is 4.67. The predicted molar refractivity (Wildman–Crippen MR) is 125 cm³/mol. The van der Waals surface area contributed by atoms with E-state index < -0.39 is 5.97 Å². The van der Waals surface area contributed by atoms with Gasteiger partial charge in [-0.3, -0.25) is 14.2 Å². The Morgan fingerprint density at radius 2 is 2.10 bits per heavy atom. The summed E-state index contributed by atoms with van der Waals surface area (Å²) < 4.78 is 7.00. The Labute approximate surface area is 192 Å². The molecule has 0 atom stereocenters. The van der Waals surface area contributed by atoms with Crippen LogP contribution in [-0.2, 0) is 16.1 Å². The molecule has 0 unspecified atom stereocenters. The van der Waals surface area contributed by atoms with Gasteiger partial charge in [-0.05, 0) is 42.0 Å². The number of carbonyl (C=O) groups excluding carboxylic acids is 2. The summed E-state index contributed by atoms with van der Waals surface area (Å²) in [6.45, 7) is 4.71. The van der Waals surface area contributed by atoms with Crippen LogP contribution in [0, 0.1) is 5.92 Å². The van der Waals surface area contributed by atoms with Gasteiger partial charge in [0.1, 0.15) is 4.70 Å². The number of thioether (sulfide) groups is 1. The average Bonchev–Trinajstić information content (AvgIpc) is 3.21. The highest BCUT2D eigenvalue weighted by Gasteiger charge is 2.17. The summed E-state index contributed by atoms with van der Waals surface area (Å²) >= 11 is 8.50. The Morgan fingerprint density at radius 1 is 1.32 bits per heavy atom. The third kappa shape index (κ3) is 5.66. The number of fused-ring (bicyclic) bond motifs is 1. The highest BCUT2D eigenvalue weighted by Crippen LogP contribution is 2.24. The topological polar surface area (TPSA) is 90.3 Å². The van der Waals surface area contributed by atoms with Crippen LogP contribution >= 0.6 is 34.7 Å². The number of methoxy groups -OCH3 is 1. The Bertz CT molecular complexity index is 1170. The molecule has 164 valence electrons. The zero-order valence-electron chi connectivity index (χ0n) is 17.3. The molecule has 0 fully saturated rings. The van der Waals surface area contributed by atoms with E-state index in [1.807, 2.05) is 5.38 Å². The van der Waals surface area contributed by atoms with Crippen molar-refractivity contribution in [3.8, 4) is 0 Å². The fraction of sp³-hybridized carbons (Fsp3) is 0.333. The lowest BCUT2D eigenvalue weighted by Crippen LogP contribution is -2.24. The van der Waals surface area contributed by atoms with Gasteiger partial charge in [-0.1, -0.05) is 37.2 Å². The number of carbonyl (C=O) groups is 2. The van der Waals surface area contributed by atoms with Crippen LogP contribution in [0.2, 0.25) is 5.02 Å². The molecular formula is C21H22ClN3O4S2. The van der Waals surface area contributed by atoms with E-state index in [2.05, 4.69) is 24.1 Å². The minimum absolute atomic E-state index is 0.0208. The van der Waals surface area contributed by atoms with Crippen molar-refractivity contribution in [2.45, 2.75) is 32.0 Å². The van der Waals surface area contributed by atoms with Gasteiger partial charge >= 0.3 is 5.97 Å². The number of nitrogens with zero attached hydrogens (tertiary/aromatic N) is 2. The van der Waals surface area contributed by atoms with Crippen molar-refractivity contribution in [3.63, 3.8) is 0 Å². The monoisotopic (exact) mass is 479 g/mol. The molecule has 7 nitrogen and oxygen atoms in total. The van der Waals surface area contributed by atoms with Crippen LogP contribution in [0.1, 0.15) is 30.6 Å². The van der Waals surface area contributed by atoms with Crippen molar-refractivity contribution in [3.05, 3.63) is 50.6 Å². The minimum atomic E-state index is -0.599. The normalized spacial score (nSPS) is 11.1. The first-order chi connectivity index (χ1) is 14.8. The molecule has 0 aliphatic rings. The SMILES string of the molecule is COC(=O)c1cc(Cl)ccc1NC(=O)CSc1nc2ccsc2c(=O)n1CCC(C)C. The van der Waals surface area contributed by atoms with Gasteiger partial charge in [0.2, 0.25) is 5.91 Å². The molecule has 0 bridgehead atoms. The maximum absolute atomic E-state index is 12.9. The summed E-state index contributed by atoms with van der Waals surface area (Å²) in [7, 11) is 1.26. The molecule has 10 heteroatoms. The summed E-state index contributed by atoms with van der Waals surface area (Å²) in [5.41, 5.74) is 1.01. The van der Waals surface area contributed by atoms with Crippen LogP contribution in [0.15, 0.2) is 39.6 Å². The van der Waals surface area contributed by atoms with Crippen LogP contribution < -0.4 is 10.9 Å². The minimum Gasteiger partial charge on any atom is -0.465 e. The lowest BCUT2D eigenvalue weighted by atomic mass is 10.1. The first kappa shape index (κ1) is 23.3. The summed E-state index contributed by atoms with van der Waals surface area (Å²) in [5.74, 6) is -0.494. The van der Waals surface area contributed by atoms with Gasteiger partial charge in [0, 0.05) is 11.6 Å². The van der Waals surface area contributed by atoms with Gasteiger partial charge in [0.15, 0.2) is 5.16 Å². The van der Waals surface area contributed by atoms with Crippen molar-refractivity contribution in [2.24, 2.45) is 5.92 Å². The van der Waals surface area contributed by atoms with Crippen molar-refractivity contribution in [1.82, 2.24) is 9.55 Å². The quantitative estimate of drug-likeness (QED) is 0.287. The fourth-order valence-corrected chi connectivity index (χ4v) is 4.61. The molecule has 31 heavy (non-hydrogen) atoms. The molecule has 2 heterocycles. The van der Waals surface area contributed by atoms with E-state index in [1.54, 1.807) is 22.8 Å². The molecule has 0 saturated heterocycles. The number of amides is 1. The van der Waals surface area contributed by atoms with E-state index in [1.165, 1.54) is 36.3 Å². The maximum Gasteiger partial charge on any atom is 0.340 e. The van der Waals surface area contributed by atoms with Crippen molar-refractivity contribution >= 4 is 62.5 Å². The van der Waals surface area contributed by atoms with E-state index in [9.17, 15) is 14.4 Å². The molecule has 0 radical (unpaired) electrons. The number of rotatable bonds is 8. The molecule has 1 aromatic carbocycles. The van der Waals surface area contributed by atoms with Gasteiger partial charge in [0.25, 0.3) is 5.56 Å². The smallest absolute Gasteiger partial charge is 0.340 e. The van der Waals surface area contributed by atoms with Gasteiger partial charge in [-0.25, -0.2) is 9.78 Å². The number of ether oxygens (including phenoxy) is 1. The van der Waals surface area contributed by atoms with E-state index in [4.69, 9.17) is 16.3 Å². The molecule has 3 rings (SSSR count). The number of aromatic nitrogens is 2. The molecule has 0 aliphatic heterocycles. The maximum atomic E-state index is 12.9. The lowest BCUT2D eigenvalue weighted by Gasteiger charge is -2.14.